The first-order valence-corrected chi connectivity index (χ1v) is 29.5. The van der Waals surface area contributed by atoms with Crippen molar-refractivity contribution in [3.05, 3.63) is 281 Å². The molecule has 418 valence electrons. The van der Waals surface area contributed by atoms with Gasteiger partial charge >= 0.3 is 0 Å². The molecule has 4 N–H and O–H groups in total. The largest absolute Gasteiger partial charge is 0.343 e. The van der Waals surface area contributed by atoms with E-state index in [1.54, 1.807) is 24.8 Å². The number of aromatic nitrogens is 4. The molecule has 2 saturated carbocycles. The monoisotopic (exact) mass is 1110 g/mol. The molecule has 10 aromatic rings. The van der Waals surface area contributed by atoms with Crippen LogP contribution in [0.15, 0.2) is 240 Å². The number of aliphatic imine (C=N–C) groups is 3. The molecule has 0 radical (unpaired) electrons. The van der Waals surface area contributed by atoms with Crippen molar-refractivity contribution in [2.75, 3.05) is 13.1 Å². The van der Waals surface area contributed by atoms with Gasteiger partial charge in [-0.25, -0.2) is 14.7 Å². The quantitative estimate of drug-likeness (QED) is 0.0622. The zero-order valence-electron chi connectivity index (χ0n) is 47.0. The second kappa shape index (κ2) is 23.4. The molecule has 2 aliphatic carbocycles. The van der Waals surface area contributed by atoms with Crippen molar-refractivity contribution in [3.8, 4) is 11.3 Å². The van der Waals surface area contributed by atoms with Crippen LogP contribution in [0.1, 0.15) is 93.4 Å². The van der Waals surface area contributed by atoms with Gasteiger partial charge in [0.2, 0.25) is 0 Å². The van der Waals surface area contributed by atoms with E-state index in [0.717, 1.165) is 95.9 Å². The second-order valence-corrected chi connectivity index (χ2v) is 22.6. The molecule has 0 bridgehead atoms. The van der Waals surface area contributed by atoms with Crippen molar-refractivity contribution in [2.45, 2.75) is 74.8 Å². The number of carbonyl (C=O) groups is 2. The van der Waals surface area contributed by atoms with E-state index in [-0.39, 0.29) is 23.9 Å². The molecule has 13 heteroatoms. The van der Waals surface area contributed by atoms with E-state index in [2.05, 4.69) is 175 Å². The van der Waals surface area contributed by atoms with Crippen LogP contribution in [-0.2, 0) is 34.5 Å². The molecule has 2 amide bonds. The maximum atomic E-state index is 14.0. The average Bonchev–Trinajstić information content (AvgIpc) is 1.72. The van der Waals surface area contributed by atoms with Crippen LogP contribution in [0.2, 0.25) is 0 Å². The van der Waals surface area contributed by atoms with Gasteiger partial charge < -0.3 is 21.3 Å². The third kappa shape index (κ3) is 11.0. The Kier molecular flexibility index (Phi) is 14.7. The molecule has 5 aliphatic rings. The predicted molar refractivity (Wildman–Crippen MR) is 336 cm³/mol. The van der Waals surface area contributed by atoms with Gasteiger partial charge in [-0.1, -0.05) is 158 Å². The highest BCUT2D eigenvalue weighted by Crippen LogP contribution is 2.46. The summed E-state index contributed by atoms with van der Waals surface area (Å²) < 4.78 is 2.19. The van der Waals surface area contributed by atoms with Crippen molar-refractivity contribution in [1.82, 2.24) is 41.0 Å². The summed E-state index contributed by atoms with van der Waals surface area (Å²) in [6.07, 6.45) is 12.9. The highest BCUT2D eigenvalue weighted by molar-refractivity contribution is 6.41. The highest BCUT2D eigenvalue weighted by Gasteiger charge is 2.42. The van der Waals surface area contributed by atoms with E-state index in [1.165, 1.54) is 31.2 Å². The number of fused-ring (bicyclic) bond motifs is 4. The molecule has 13 nitrogen and oxygen atoms in total. The van der Waals surface area contributed by atoms with Gasteiger partial charge in [0.1, 0.15) is 22.7 Å². The summed E-state index contributed by atoms with van der Waals surface area (Å²) in [4.78, 5) is 50.0. The Morgan fingerprint density at radius 3 is 1.44 bits per heavy atom. The summed E-state index contributed by atoms with van der Waals surface area (Å²) in [7, 11) is 0. The molecule has 15 rings (SSSR count). The van der Waals surface area contributed by atoms with Gasteiger partial charge in [-0.05, 0) is 113 Å². The van der Waals surface area contributed by atoms with Crippen LogP contribution in [0, 0.1) is 0 Å². The van der Waals surface area contributed by atoms with Gasteiger partial charge in [-0.15, -0.1) is 0 Å². The lowest BCUT2D eigenvalue weighted by Crippen LogP contribution is -2.39. The Labute approximate surface area is 494 Å². The van der Waals surface area contributed by atoms with Gasteiger partial charge in [0.15, 0.2) is 0 Å². The lowest BCUT2D eigenvalue weighted by atomic mass is 9.77. The van der Waals surface area contributed by atoms with Gasteiger partial charge in [0.25, 0.3) is 11.8 Å². The third-order valence-corrected chi connectivity index (χ3v) is 16.8. The van der Waals surface area contributed by atoms with Gasteiger partial charge in [-0.3, -0.25) is 24.5 Å². The van der Waals surface area contributed by atoms with Gasteiger partial charge in [0.05, 0.1) is 41.2 Å². The SMILES string of the molecule is O=C(N[C@H](CNC1CC1)c1ccccc1)C1=Nc2cc3c(-c4ccncc4)nn(C(c4ccccc4)(c4ccccc4)c4ccccc4)c3cc2C1.O=C(N[C@H](CNC1CC1)c1ccccc1)C1=Nc2cc3c(cc2C1)CN=C3c1ccncc1. The number of hydrogen-bond acceptors (Lipinski definition) is 10. The first-order chi connectivity index (χ1) is 41.9. The van der Waals surface area contributed by atoms with E-state index in [0.29, 0.717) is 49.4 Å². The summed E-state index contributed by atoms with van der Waals surface area (Å²) in [5, 5.41) is 20.2. The van der Waals surface area contributed by atoms with Crippen LogP contribution in [0.25, 0.3) is 22.2 Å². The molecule has 0 unspecified atom stereocenters. The number of nitrogens with one attached hydrogen (secondary N) is 4. The number of hydrogen-bond donors (Lipinski definition) is 4. The van der Waals surface area contributed by atoms with E-state index in [4.69, 9.17) is 20.1 Å². The lowest BCUT2D eigenvalue weighted by Gasteiger charge is -2.37. The van der Waals surface area contributed by atoms with Crippen molar-refractivity contribution in [3.63, 3.8) is 0 Å². The molecular weight excluding hydrogens is 1050 g/mol. The van der Waals surface area contributed by atoms with E-state index in [9.17, 15) is 9.59 Å². The minimum atomic E-state index is -0.821. The van der Waals surface area contributed by atoms with E-state index < -0.39 is 5.54 Å². The number of benzene rings is 7. The summed E-state index contributed by atoms with van der Waals surface area (Å²) in [6, 6.07) is 69.5. The van der Waals surface area contributed by atoms with Crippen LogP contribution in [0.4, 0.5) is 11.4 Å². The Morgan fingerprint density at radius 2 is 0.953 bits per heavy atom. The van der Waals surface area contributed by atoms with Crippen molar-refractivity contribution in [2.24, 2.45) is 15.0 Å². The molecule has 7 aromatic carbocycles. The standard InChI is InChI=1S/C45H38N6O.C27H25N5O/c52-44(49-41(30-47-37-21-22-37)31-13-5-1-6-14-31)40-27-33-28-42-38(29-39(33)48-40)43(32-23-25-46-26-24-32)50-51(42)45(34-15-7-2-8-16-34,35-17-9-3-10-18-35)36-19-11-4-12-20-36;33-27(32-25(16-29-21-6-7-21)17-4-2-1-3-5-17)24-13-19-12-20-15-30-26(18-8-10-28-11-9-18)22(20)14-23(19)31-24/h1-20,23-26,28-29,37,41,47H,21-22,27,30H2,(H,49,52);1-5,8-12,14,21,25,29H,6-7,13,15-16H2,(H,32,33)/t41-;25-/m11/s1. The van der Waals surface area contributed by atoms with E-state index in [1.807, 2.05) is 60.7 Å². The Hall–Kier alpha value is -9.82. The van der Waals surface area contributed by atoms with Crippen molar-refractivity contribution in [1.29, 1.82) is 0 Å². The second-order valence-electron chi connectivity index (χ2n) is 22.6. The van der Waals surface area contributed by atoms with Crippen LogP contribution in [0.3, 0.4) is 0 Å². The Bertz CT molecular complexity index is 4050. The highest BCUT2D eigenvalue weighted by atomic mass is 16.2. The fraction of sp³-hybridized carbons (Fsp3) is 0.194. The van der Waals surface area contributed by atoms with Crippen molar-refractivity contribution >= 4 is 51.2 Å². The molecule has 6 heterocycles. The summed E-state index contributed by atoms with van der Waals surface area (Å²) in [5.74, 6) is -0.240. The molecule has 0 spiro atoms. The number of nitrogens with zero attached hydrogens (tertiary/aromatic N) is 7. The number of pyridine rings is 2. The Balaban J connectivity index is 0.000000167. The first kappa shape index (κ1) is 53.2. The first-order valence-electron chi connectivity index (χ1n) is 29.5. The van der Waals surface area contributed by atoms with Crippen LogP contribution in [0.5, 0.6) is 0 Å². The maximum Gasteiger partial charge on any atom is 0.266 e. The topological polar surface area (TPSA) is 163 Å². The molecule has 0 saturated heterocycles. The molecule has 85 heavy (non-hydrogen) atoms. The minimum Gasteiger partial charge on any atom is -0.343 e. The fourth-order valence-electron chi connectivity index (χ4n) is 12.1. The van der Waals surface area contributed by atoms with Crippen LogP contribution in [-0.4, -0.2) is 73.9 Å². The van der Waals surface area contributed by atoms with Crippen molar-refractivity contribution < 1.29 is 9.59 Å². The number of amides is 2. The molecule has 3 aliphatic heterocycles. The lowest BCUT2D eigenvalue weighted by molar-refractivity contribution is -0.116. The molecule has 3 aromatic heterocycles. The number of rotatable bonds is 18. The molecule has 2 atom stereocenters. The minimum absolute atomic E-state index is 0.0823. The summed E-state index contributed by atoms with van der Waals surface area (Å²) in [5.41, 5.74) is 16.5. The van der Waals surface area contributed by atoms with Gasteiger partial charge in [-0.2, -0.15) is 5.10 Å². The van der Waals surface area contributed by atoms with Gasteiger partial charge in [0, 0.05) is 84.9 Å². The predicted octanol–water partition coefficient (Wildman–Crippen LogP) is 11.8. The van der Waals surface area contributed by atoms with E-state index >= 15 is 0 Å². The smallest absolute Gasteiger partial charge is 0.266 e. The summed E-state index contributed by atoms with van der Waals surface area (Å²) in [6.45, 7) is 2.06. The Morgan fingerprint density at radius 1 is 0.506 bits per heavy atom. The molecule has 2 fully saturated rings. The third-order valence-electron chi connectivity index (χ3n) is 16.8. The van der Waals surface area contributed by atoms with Crippen LogP contribution < -0.4 is 21.3 Å². The fourth-order valence-corrected chi connectivity index (χ4v) is 12.1. The normalized spacial score (nSPS) is 15.5. The number of carbonyl (C=O) groups excluding carboxylic acids is 2. The zero-order chi connectivity index (χ0) is 57.1. The zero-order valence-corrected chi connectivity index (χ0v) is 47.0. The summed E-state index contributed by atoms with van der Waals surface area (Å²) >= 11 is 0. The van der Waals surface area contributed by atoms with Crippen LogP contribution >= 0.6 is 0 Å². The molecular formula is C72H63N11O2. The average molecular weight is 1110 g/mol. The maximum absolute atomic E-state index is 14.0.